The Hall–Kier alpha value is -0.670. The number of para-hydroxylation sites is 1. The minimum atomic E-state index is 0.493. The summed E-state index contributed by atoms with van der Waals surface area (Å²) in [6.45, 7) is 5.55. The van der Waals surface area contributed by atoms with Crippen molar-refractivity contribution in [2.75, 3.05) is 25.2 Å². The molecule has 18 heavy (non-hydrogen) atoms. The molecule has 1 atom stereocenters. The molecular formula is C15H25NOS. The SMILES string of the molecule is CCSCCCNC(C)Cc1ccccc1OC. The lowest BCUT2D eigenvalue weighted by atomic mass is 10.1. The summed E-state index contributed by atoms with van der Waals surface area (Å²) in [7, 11) is 1.74. The van der Waals surface area contributed by atoms with Crippen molar-refractivity contribution < 1.29 is 4.74 Å². The van der Waals surface area contributed by atoms with E-state index < -0.39 is 0 Å². The van der Waals surface area contributed by atoms with Gasteiger partial charge in [-0.3, -0.25) is 0 Å². The minimum absolute atomic E-state index is 0.493. The molecule has 0 aliphatic carbocycles. The normalized spacial score (nSPS) is 12.4. The Morgan fingerprint density at radius 1 is 1.33 bits per heavy atom. The van der Waals surface area contributed by atoms with Gasteiger partial charge in [0, 0.05) is 6.04 Å². The molecule has 1 unspecified atom stereocenters. The second kappa shape index (κ2) is 9.29. The highest BCUT2D eigenvalue weighted by molar-refractivity contribution is 7.99. The summed E-state index contributed by atoms with van der Waals surface area (Å²) in [5.41, 5.74) is 1.28. The van der Waals surface area contributed by atoms with Crippen LogP contribution in [0.3, 0.4) is 0 Å². The van der Waals surface area contributed by atoms with Crippen molar-refractivity contribution in [3.05, 3.63) is 29.8 Å². The molecule has 3 heteroatoms. The first-order valence-electron chi connectivity index (χ1n) is 6.71. The maximum atomic E-state index is 5.37. The predicted molar refractivity (Wildman–Crippen MR) is 81.8 cm³/mol. The van der Waals surface area contributed by atoms with Gasteiger partial charge in [0.15, 0.2) is 0 Å². The van der Waals surface area contributed by atoms with Crippen molar-refractivity contribution in [3.63, 3.8) is 0 Å². The van der Waals surface area contributed by atoms with Gasteiger partial charge in [0.05, 0.1) is 7.11 Å². The van der Waals surface area contributed by atoms with Crippen LogP contribution in [0.15, 0.2) is 24.3 Å². The molecule has 0 heterocycles. The van der Waals surface area contributed by atoms with E-state index in [2.05, 4.69) is 31.3 Å². The number of ether oxygens (including phenoxy) is 1. The van der Waals surface area contributed by atoms with E-state index in [0.717, 1.165) is 18.7 Å². The number of methoxy groups -OCH3 is 1. The molecule has 0 amide bonds. The Kier molecular flexibility index (Phi) is 7.94. The number of rotatable bonds is 9. The van der Waals surface area contributed by atoms with Crippen LogP contribution in [-0.4, -0.2) is 31.2 Å². The summed E-state index contributed by atoms with van der Waals surface area (Å²) in [6, 6.07) is 8.75. The molecule has 2 nitrogen and oxygen atoms in total. The lowest BCUT2D eigenvalue weighted by molar-refractivity contribution is 0.406. The van der Waals surface area contributed by atoms with Crippen LogP contribution in [0.1, 0.15) is 25.8 Å². The van der Waals surface area contributed by atoms with E-state index in [1.807, 2.05) is 23.9 Å². The highest BCUT2D eigenvalue weighted by atomic mass is 32.2. The van der Waals surface area contributed by atoms with Gasteiger partial charge in [-0.2, -0.15) is 11.8 Å². The van der Waals surface area contributed by atoms with E-state index >= 15 is 0 Å². The average Bonchev–Trinajstić information content (AvgIpc) is 2.39. The molecule has 0 bridgehead atoms. The zero-order chi connectivity index (χ0) is 13.2. The summed E-state index contributed by atoms with van der Waals surface area (Å²) in [6.07, 6.45) is 2.26. The number of nitrogens with one attached hydrogen (secondary N) is 1. The lowest BCUT2D eigenvalue weighted by Gasteiger charge is -2.15. The van der Waals surface area contributed by atoms with E-state index in [9.17, 15) is 0 Å². The second-order valence-corrected chi connectivity index (χ2v) is 5.82. The molecule has 102 valence electrons. The van der Waals surface area contributed by atoms with Crippen molar-refractivity contribution >= 4 is 11.8 Å². The van der Waals surface area contributed by atoms with Gasteiger partial charge in [0.1, 0.15) is 5.75 Å². The largest absolute Gasteiger partial charge is 0.496 e. The minimum Gasteiger partial charge on any atom is -0.496 e. The van der Waals surface area contributed by atoms with Gasteiger partial charge in [-0.25, -0.2) is 0 Å². The van der Waals surface area contributed by atoms with E-state index in [1.54, 1.807) is 7.11 Å². The molecule has 0 aliphatic heterocycles. The summed E-state index contributed by atoms with van der Waals surface area (Å²) in [4.78, 5) is 0. The van der Waals surface area contributed by atoms with E-state index in [-0.39, 0.29) is 0 Å². The molecule has 1 aromatic carbocycles. The van der Waals surface area contributed by atoms with Gasteiger partial charge in [-0.15, -0.1) is 0 Å². The van der Waals surface area contributed by atoms with Gasteiger partial charge in [-0.05, 0) is 49.4 Å². The predicted octanol–water partition coefficient (Wildman–Crippen LogP) is 3.36. The first-order valence-corrected chi connectivity index (χ1v) is 7.86. The first-order chi connectivity index (χ1) is 8.77. The zero-order valence-corrected chi connectivity index (χ0v) is 12.6. The van der Waals surface area contributed by atoms with Gasteiger partial charge in [0.2, 0.25) is 0 Å². The topological polar surface area (TPSA) is 21.3 Å². The molecule has 0 saturated carbocycles. The van der Waals surface area contributed by atoms with Crippen LogP contribution in [0.5, 0.6) is 5.75 Å². The van der Waals surface area contributed by atoms with Crippen molar-refractivity contribution in [2.24, 2.45) is 0 Å². The maximum absolute atomic E-state index is 5.37. The van der Waals surface area contributed by atoms with E-state index in [0.29, 0.717) is 6.04 Å². The smallest absolute Gasteiger partial charge is 0.122 e. The fourth-order valence-electron chi connectivity index (χ4n) is 1.94. The highest BCUT2D eigenvalue weighted by Gasteiger charge is 2.06. The molecular weight excluding hydrogens is 242 g/mol. The molecule has 0 saturated heterocycles. The Morgan fingerprint density at radius 2 is 2.11 bits per heavy atom. The average molecular weight is 267 g/mol. The molecule has 0 spiro atoms. The van der Waals surface area contributed by atoms with Crippen molar-refractivity contribution in [1.82, 2.24) is 5.32 Å². The number of hydrogen-bond acceptors (Lipinski definition) is 3. The third-order valence-electron chi connectivity index (χ3n) is 2.88. The van der Waals surface area contributed by atoms with Gasteiger partial charge in [-0.1, -0.05) is 25.1 Å². The quantitative estimate of drug-likeness (QED) is 0.693. The molecule has 1 aromatic rings. The second-order valence-electron chi connectivity index (χ2n) is 4.42. The van der Waals surface area contributed by atoms with Crippen LogP contribution in [-0.2, 0) is 6.42 Å². The third kappa shape index (κ3) is 5.78. The monoisotopic (exact) mass is 267 g/mol. The first kappa shape index (κ1) is 15.4. The van der Waals surface area contributed by atoms with Crippen molar-refractivity contribution in [2.45, 2.75) is 32.7 Å². The number of benzene rings is 1. The van der Waals surface area contributed by atoms with Crippen LogP contribution < -0.4 is 10.1 Å². The molecule has 0 fully saturated rings. The zero-order valence-electron chi connectivity index (χ0n) is 11.7. The Morgan fingerprint density at radius 3 is 2.83 bits per heavy atom. The van der Waals surface area contributed by atoms with Gasteiger partial charge >= 0.3 is 0 Å². The molecule has 0 aliphatic rings. The van der Waals surface area contributed by atoms with Crippen LogP contribution in [0, 0.1) is 0 Å². The number of thioether (sulfide) groups is 1. The fraction of sp³-hybridized carbons (Fsp3) is 0.600. The Bertz CT molecular complexity index is 330. The van der Waals surface area contributed by atoms with Crippen LogP contribution >= 0.6 is 11.8 Å². The standard InChI is InChI=1S/C15H25NOS/c1-4-18-11-7-10-16-13(2)12-14-8-5-6-9-15(14)17-3/h5-6,8-9,13,16H,4,7,10-12H2,1-3H3. The summed E-state index contributed by atoms with van der Waals surface area (Å²) in [5.74, 6) is 3.47. The lowest BCUT2D eigenvalue weighted by Crippen LogP contribution is -2.29. The number of hydrogen-bond donors (Lipinski definition) is 1. The molecule has 1 rings (SSSR count). The third-order valence-corrected chi connectivity index (χ3v) is 3.87. The van der Waals surface area contributed by atoms with Crippen molar-refractivity contribution in [1.29, 1.82) is 0 Å². The van der Waals surface area contributed by atoms with Crippen LogP contribution in [0.4, 0.5) is 0 Å². The summed E-state index contributed by atoms with van der Waals surface area (Å²) in [5, 5.41) is 3.57. The van der Waals surface area contributed by atoms with Crippen molar-refractivity contribution in [3.8, 4) is 5.75 Å². The summed E-state index contributed by atoms with van der Waals surface area (Å²) >= 11 is 2.01. The fourth-order valence-corrected chi connectivity index (χ4v) is 2.58. The molecule has 1 N–H and O–H groups in total. The molecule has 0 radical (unpaired) electrons. The molecule has 0 aromatic heterocycles. The summed E-state index contributed by atoms with van der Waals surface area (Å²) < 4.78 is 5.37. The van der Waals surface area contributed by atoms with Crippen LogP contribution in [0.25, 0.3) is 0 Å². The van der Waals surface area contributed by atoms with Gasteiger partial charge < -0.3 is 10.1 Å². The van der Waals surface area contributed by atoms with E-state index in [4.69, 9.17) is 4.74 Å². The van der Waals surface area contributed by atoms with Gasteiger partial charge in [0.25, 0.3) is 0 Å². The Balaban J connectivity index is 2.28. The maximum Gasteiger partial charge on any atom is 0.122 e. The van der Waals surface area contributed by atoms with Crippen LogP contribution in [0.2, 0.25) is 0 Å². The highest BCUT2D eigenvalue weighted by Crippen LogP contribution is 2.18. The van der Waals surface area contributed by atoms with E-state index in [1.165, 1.54) is 23.5 Å². The Labute approximate surface area is 116 Å².